The molecule has 5 nitrogen and oxygen atoms in total. The van der Waals surface area contributed by atoms with E-state index in [0.717, 1.165) is 17.5 Å². The largest absolute Gasteiger partial charge is 0.435 e. The zero-order valence-corrected chi connectivity index (χ0v) is 13.8. The zero-order valence-electron chi connectivity index (χ0n) is 13.8. The van der Waals surface area contributed by atoms with Gasteiger partial charge in [0.05, 0.1) is 0 Å². The Labute approximate surface area is 139 Å². The first-order valence-corrected chi connectivity index (χ1v) is 8.29. The quantitative estimate of drug-likeness (QED) is 0.860. The molecule has 1 heterocycles. The van der Waals surface area contributed by atoms with Crippen molar-refractivity contribution in [2.75, 3.05) is 20.2 Å². The number of rotatable bonds is 6. The Morgan fingerprint density at radius 3 is 2.62 bits per heavy atom. The van der Waals surface area contributed by atoms with Crippen LogP contribution in [0.15, 0.2) is 6.20 Å². The van der Waals surface area contributed by atoms with Crippen LogP contribution >= 0.6 is 0 Å². The molecule has 0 spiro atoms. The van der Waals surface area contributed by atoms with Gasteiger partial charge in [0.15, 0.2) is 5.69 Å². The molecule has 0 aliphatic heterocycles. The minimum absolute atomic E-state index is 0.0901. The van der Waals surface area contributed by atoms with Crippen LogP contribution in [0.25, 0.3) is 0 Å². The Hall–Kier alpha value is -1.57. The molecule has 0 atom stereocenters. The number of hydrogen-bond acceptors (Lipinski definition) is 3. The summed E-state index contributed by atoms with van der Waals surface area (Å²) in [6.45, 7) is 0.0117. The fourth-order valence-corrected chi connectivity index (χ4v) is 3.20. The van der Waals surface area contributed by atoms with E-state index in [-0.39, 0.29) is 24.4 Å². The topological polar surface area (TPSA) is 58.4 Å². The van der Waals surface area contributed by atoms with E-state index in [1.807, 2.05) is 0 Å². The van der Waals surface area contributed by atoms with Gasteiger partial charge in [-0.25, -0.2) is 0 Å². The molecule has 1 N–H and O–H groups in total. The summed E-state index contributed by atoms with van der Waals surface area (Å²) < 4.78 is 39.8. The Morgan fingerprint density at radius 2 is 2.04 bits per heavy atom. The molecule has 1 saturated carbocycles. The fourth-order valence-electron chi connectivity index (χ4n) is 3.20. The Kier molecular flexibility index (Phi) is 6.26. The van der Waals surface area contributed by atoms with Gasteiger partial charge in [-0.2, -0.15) is 18.3 Å². The van der Waals surface area contributed by atoms with Crippen molar-refractivity contribution in [2.24, 2.45) is 5.92 Å². The average molecular weight is 347 g/mol. The monoisotopic (exact) mass is 347 g/mol. The van der Waals surface area contributed by atoms with Gasteiger partial charge in [0, 0.05) is 32.0 Å². The average Bonchev–Trinajstić information content (AvgIpc) is 2.91. The summed E-state index contributed by atoms with van der Waals surface area (Å²) in [6.07, 6.45) is 2.24. The standard InChI is InChI=1S/C16H24F3N3O2/c1-21(9-12-5-3-2-4-6-12)14(24)11-22-10-13(7-8-23)15(20-22)16(17,18)19/h10,12,23H,2-9,11H2,1H3. The van der Waals surface area contributed by atoms with Crippen LogP contribution in [-0.2, 0) is 23.9 Å². The second-order valence-corrected chi connectivity index (χ2v) is 6.45. The van der Waals surface area contributed by atoms with E-state index in [1.54, 1.807) is 11.9 Å². The van der Waals surface area contributed by atoms with Crippen LogP contribution in [0.4, 0.5) is 13.2 Å². The lowest BCUT2D eigenvalue weighted by Gasteiger charge is -2.27. The smallest absolute Gasteiger partial charge is 0.396 e. The molecule has 1 amide bonds. The van der Waals surface area contributed by atoms with Gasteiger partial charge in [-0.05, 0) is 25.2 Å². The van der Waals surface area contributed by atoms with Crippen molar-refractivity contribution < 1.29 is 23.1 Å². The molecule has 1 fully saturated rings. The van der Waals surface area contributed by atoms with E-state index in [1.165, 1.54) is 25.5 Å². The molecule has 2 rings (SSSR count). The van der Waals surface area contributed by atoms with Crippen LogP contribution in [0.2, 0.25) is 0 Å². The van der Waals surface area contributed by atoms with Crippen LogP contribution in [0.1, 0.15) is 43.4 Å². The summed E-state index contributed by atoms with van der Waals surface area (Å²) in [5.41, 5.74) is -1.12. The van der Waals surface area contributed by atoms with E-state index < -0.39 is 18.5 Å². The van der Waals surface area contributed by atoms with Gasteiger partial charge in [0.2, 0.25) is 5.91 Å². The number of carbonyl (C=O) groups is 1. The molecule has 0 unspecified atom stereocenters. The lowest BCUT2D eigenvalue weighted by Crippen LogP contribution is -2.35. The number of aliphatic hydroxyl groups is 1. The van der Waals surface area contributed by atoms with Crippen LogP contribution in [0.3, 0.4) is 0 Å². The lowest BCUT2D eigenvalue weighted by molar-refractivity contribution is -0.142. The number of hydrogen-bond donors (Lipinski definition) is 1. The predicted octanol–water partition coefficient (Wildman–Crippen LogP) is 2.48. The molecule has 1 aromatic rings. The van der Waals surface area contributed by atoms with Gasteiger partial charge in [0.1, 0.15) is 6.54 Å². The van der Waals surface area contributed by atoms with Crippen LogP contribution in [-0.4, -0.2) is 45.9 Å². The molecular weight excluding hydrogens is 323 g/mol. The predicted molar refractivity (Wildman–Crippen MR) is 82.2 cm³/mol. The summed E-state index contributed by atoms with van der Waals surface area (Å²) in [5, 5.41) is 12.4. The fraction of sp³-hybridized carbons (Fsp3) is 0.750. The molecule has 0 bridgehead atoms. The zero-order chi connectivity index (χ0) is 17.7. The number of alkyl halides is 3. The van der Waals surface area contributed by atoms with Gasteiger partial charge >= 0.3 is 6.18 Å². The van der Waals surface area contributed by atoms with Crippen molar-refractivity contribution in [3.05, 3.63) is 17.5 Å². The van der Waals surface area contributed by atoms with E-state index in [2.05, 4.69) is 5.10 Å². The molecule has 0 aromatic carbocycles. The van der Waals surface area contributed by atoms with Crippen LogP contribution < -0.4 is 0 Å². The van der Waals surface area contributed by atoms with Crippen molar-refractivity contribution in [3.63, 3.8) is 0 Å². The second-order valence-electron chi connectivity index (χ2n) is 6.45. The van der Waals surface area contributed by atoms with E-state index in [0.29, 0.717) is 12.5 Å². The number of amides is 1. The highest BCUT2D eigenvalue weighted by Gasteiger charge is 2.37. The van der Waals surface area contributed by atoms with Crippen molar-refractivity contribution >= 4 is 5.91 Å². The Balaban J connectivity index is 1.99. The summed E-state index contributed by atoms with van der Waals surface area (Å²) in [5.74, 6) is 0.216. The highest BCUT2D eigenvalue weighted by Crippen LogP contribution is 2.31. The molecule has 8 heteroatoms. The maximum absolute atomic E-state index is 12.9. The SMILES string of the molecule is CN(CC1CCCCC1)C(=O)Cn1cc(CCO)c(C(F)(F)F)n1. The number of carbonyl (C=O) groups excluding carboxylic acids is 1. The summed E-state index contributed by atoms with van der Waals surface area (Å²) in [7, 11) is 1.68. The van der Waals surface area contributed by atoms with Crippen LogP contribution in [0.5, 0.6) is 0 Å². The molecule has 1 aromatic heterocycles. The molecule has 24 heavy (non-hydrogen) atoms. The lowest BCUT2D eigenvalue weighted by atomic mass is 9.89. The van der Waals surface area contributed by atoms with E-state index >= 15 is 0 Å². The first-order valence-electron chi connectivity index (χ1n) is 8.29. The van der Waals surface area contributed by atoms with Crippen molar-refractivity contribution in [2.45, 2.75) is 51.2 Å². The summed E-state index contributed by atoms with van der Waals surface area (Å²) in [4.78, 5) is 13.8. The first-order chi connectivity index (χ1) is 11.3. The van der Waals surface area contributed by atoms with Gasteiger partial charge in [-0.3, -0.25) is 9.48 Å². The molecule has 136 valence electrons. The molecule has 1 aliphatic rings. The summed E-state index contributed by atoms with van der Waals surface area (Å²) >= 11 is 0. The maximum atomic E-state index is 12.9. The number of aromatic nitrogens is 2. The number of nitrogens with zero attached hydrogens (tertiary/aromatic N) is 3. The molecule has 0 saturated heterocycles. The third kappa shape index (κ3) is 4.96. The first kappa shape index (κ1) is 18.8. The van der Waals surface area contributed by atoms with Crippen molar-refractivity contribution in [3.8, 4) is 0 Å². The molecular formula is C16H24F3N3O2. The van der Waals surface area contributed by atoms with Crippen molar-refractivity contribution in [1.82, 2.24) is 14.7 Å². The van der Waals surface area contributed by atoms with Gasteiger partial charge in [-0.1, -0.05) is 19.3 Å². The van der Waals surface area contributed by atoms with E-state index in [4.69, 9.17) is 5.11 Å². The van der Waals surface area contributed by atoms with E-state index in [9.17, 15) is 18.0 Å². The highest BCUT2D eigenvalue weighted by atomic mass is 19.4. The minimum atomic E-state index is -4.59. The Morgan fingerprint density at radius 1 is 1.38 bits per heavy atom. The second kappa shape index (κ2) is 8.00. The Bertz CT molecular complexity index is 551. The molecule has 0 radical (unpaired) electrons. The van der Waals surface area contributed by atoms with Crippen LogP contribution in [0, 0.1) is 5.92 Å². The third-order valence-electron chi connectivity index (χ3n) is 4.47. The van der Waals surface area contributed by atoms with Gasteiger partial charge in [0.25, 0.3) is 0 Å². The molecule has 1 aliphatic carbocycles. The number of likely N-dealkylation sites (N-methyl/N-ethyl adjacent to an activating group) is 1. The maximum Gasteiger partial charge on any atom is 0.435 e. The highest BCUT2D eigenvalue weighted by molar-refractivity contribution is 5.75. The third-order valence-corrected chi connectivity index (χ3v) is 4.47. The normalized spacial score (nSPS) is 16.4. The van der Waals surface area contributed by atoms with Gasteiger partial charge in [-0.15, -0.1) is 0 Å². The van der Waals surface area contributed by atoms with Gasteiger partial charge < -0.3 is 10.0 Å². The number of aliphatic hydroxyl groups excluding tert-OH is 1. The minimum Gasteiger partial charge on any atom is -0.396 e. The summed E-state index contributed by atoms with van der Waals surface area (Å²) in [6, 6.07) is 0. The van der Waals surface area contributed by atoms with Crippen molar-refractivity contribution in [1.29, 1.82) is 0 Å². The number of halogens is 3.